The zero-order chi connectivity index (χ0) is 13.0. The highest BCUT2D eigenvalue weighted by molar-refractivity contribution is 9.11. The number of hydrogen-bond acceptors (Lipinski definition) is 6. The Kier molecular flexibility index (Phi) is 4.67. The van der Waals surface area contributed by atoms with Crippen molar-refractivity contribution in [3.63, 3.8) is 0 Å². The van der Waals surface area contributed by atoms with Crippen molar-refractivity contribution < 1.29 is 4.79 Å². The first-order chi connectivity index (χ1) is 8.69. The number of carbonyl (C=O) groups excluding carboxylic acids is 1. The van der Waals surface area contributed by atoms with Crippen LogP contribution in [0.1, 0.15) is 14.7 Å². The Balaban J connectivity index is 1.81. The average molecular weight is 347 g/mol. The second kappa shape index (κ2) is 6.26. The number of amides is 1. The number of carbonyl (C=O) groups is 1. The molecule has 1 amide bonds. The minimum Gasteiger partial charge on any atom is -0.363 e. The smallest absolute Gasteiger partial charge is 0.282 e. The van der Waals surface area contributed by atoms with Crippen LogP contribution < -0.4 is 10.6 Å². The van der Waals surface area contributed by atoms with Gasteiger partial charge in [0.15, 0.2) is 0 Å². The third kappa shape index (κ3) is 3.50. The normalized spacial score (nSPS) is 10.3. The molecule has 0 atom stereocenters. The molecule has 0 fully saturated rings. The lowest BCUT2D eigenvalue weighted by Crippen LogP contribution is -2.25. The summed E-state index contributed by atoms with van der Waals surface area (Å²) in [6.07, 6.45) is 0.819. The van der Waals surface area contributed by atoms with Crippen molar-refractivity contribution in [2.45, 2.75) is 6.42 Å². The molecule has 0 aliphatic carbocycles. The summed E-state index contributed by atoms with van der Waals surface area (Å²) in [4.78, 5) is 13.0. The van der Waals surface area contributed by atoms with Crippen molar-refractivity contribution in [3.8, 4) is 0 Å². The first-order valence-electron chi connectivity index (χ1n) is 5.22. The molecule has 0 aliphatic heterocycles. The van der Waals surface area contributed by atoms with Gasteiger partial charge in [0.25, 0.3) is 5.91 Å². The molecule has 96 valence electrons. The highest BCUT2D eigenvalue weighted by Crippen LogP contribution is 2.22. The fourth-order valence-electron chi connectivity index (χ4n) is 1.28. The summed E-state index contributed by atoms with van der Waals surface area (Å²) in [6.45, 7) is 0.597. The summed E-state index contributed by atoms with van der Waals surface area (Å²) in [6, 6.07) is 4.05. The predicted molar refractivity (Wildman–Crippen MR) is 77.5 cm³/mol. The average Bonchev–Trinajstić information content (AvgIpc) is 2.98. The number of aromatic nitrogens is 2. The zero-order valence-corrected chi connectivity index (χ0v) is 12.8. The lowest BCUT2D eigenvalue weighted by atomic mass is 10.3. The lowest BCUT2D eigenvalue weighted by Gasteiger charge is -2.00. The van der Waals surface area contributed by atoms with Gasteiger partial charge in [0, 0.05) is 18.5 Å². The molecule has 0 radical (unpaired) electrons. The summed E-state index contributed by atoms with van der Waals surface area (Å²) in [5.41, 5.74) is 0. The molecular weight excluding hydrogens is 336 g/mol. The molecule has 8 heteroatoms. The number of hydrogen-bond donors (Lipinski definition) is 2. The van der Waals surface area contributed by atoms with Gasteiger partial charge < -0.3 is 10.6 Å². The van der Waals surface area contributed by atoms with E-state index in [9.17, 15) is 4.79 Å². The highest BCUT2D eigenvalue weighted by Gasteiger charge is 2.11. The molecule has 0 saturated carbocycles. The summed E-state index contributed by atoms with van der Waals surface area (Å²) in [5.74, 6) is -0.176. The van der Waals surface area contributed by atoms with Gasteiger partial charge in [-0.05, 0) is 34.5 Å². The number of rotatable bonds is 5. The van der Waals surface area contributed by atoms with Crippen LogP contribution in [0.25, 0.3) is 0 Å². The molecule has 0 aliphatic rings. The van der Waals surface area contributed by atoms with E-state index >= 15 is 0 Å². The van der Waals surface area contributed by atoms with E-state index in [4.69, 9.17) is 0 Å². The predicted octanol–water partition coefficient (Wildman–Crippen LogP) is 2.38. The standard InChI is InChI=1S/C10H11BrN4OS2/c1-12-10-15-14-9(18-10)8(16)13-5-4-6-2-3-7(11)17-6/h2-3H,4-5H2,1H3,(H,12,15)(H,13,16). The molecule has 2 N–H and O–H groups in total. The second-order valence-electron chi connectivity index (χ2n) is 3.37. The van der Waals surface area contributed by atoms with Crippen molar-refractivity contribution >= 4 is 49.6 Å². The van der Waals surface area contributed by atoms with E-state index < -0.39 is 0 Å². The van der Waals surface area contributed by atoms with Crippen LogP contribution in [0.3, 0.4) is 0 Å². The summed E-state index contributed by atoms with van der Waals surface area (Å²) in [5, 5.41) is 14.3. The Bertz CT molecular complexity index is 539. The van der Waals surface area contributed by atoms with Crippen LogP contribution in [-0.4, -0.2) is 29.7 Å². The molecule has 2 heterocycles. The SMILES string of the molecule is CNc1nnc(C(=O)NCCc2ccc(Br)s2)s1. The van der Waals surface area contributed by atoms with E-state index in [0.717, 1.165) is 10.2 Å². The van der Waals surface area contributed by atoms with Gasteiger partial charge in [0.1, 0.15) is 0 Å². The number of halogens is 1. The maximum Gasteiger partial charge on any atom is 0.282 e. The summed E-state index contributed by atoms with van der Waals surface area (Å²) in [7, 11) is 1.75. The quantitative estimate of drug-likeness (QED) is 0.872. The Hall–Kier alpha value is -0.990. The van der Waals surface area contributed by atoms with Crippen LogP contribution in [-0.2, 0) is 6.42 Å². The molecule has 18 heavy (non-hydrogen) atoms. The third-order valence-electron chi connectivity index (χ3n) is 2.12. The third-order valence-corrected chi connectivity index (χ3v) is 4.74. The Labute approximate surface area is 121 Å². The fraction of sp³-hybridized carbons (Fsp3) is 0.300. The van der Waals surface area contributed by atoms with E-state index in [-0.39, 0.29) is 5.91 Å². The van der Waals surface area contributed by atoms with Gasteiger partial charge in [0.05, 0.1) is 3.79 Å². The van der Waals surface area contributed by atoms with E-state index in [1.165, 1.54) is 16.2 Å². The number of anilines is 1. The topological polar surface area (TPSA) is 66.9 Å². The van der Waals surface area contributed by atoms with E-state index in [2.05, 4.69) is 36.8 Å². The first-order valence-corrected chi connectivity index (χ1v) is 7.65. The highest BCUT2D eigenvalue weighted by atomic mass is 79.9. The van der Waals surface area contributed by atoms with Gasteiger partial charge in [-0.25, -0.2) is 0 Å². The van der Waals surface area contributed by atoms with Gasteiger partial charge in [-0.3, -0.25) is 4.79 Å². The van der Waals surface area contributed by atoms with Crippen LogP contribution >= 0.6 is 38.6 Å². The zero-order valence-electron chi connectivity index (χ0n) is 9.57. The summed E-state index contributed by atoms with van der Waals surface area (Å²) < 4.78 is 1.10. The van der Waals surface area contributed by atoms with Crippen molar-refractivity contribution in [2.75, 3.05) is 18.9 Å². The maximum atomic E-state index is 11.7. The van der Waals surface area contributed by atoms with Crippen molar-refractivity contribution in [2.24, 2.45) is 0 Å². The van der Waals surface area contributed by atoms with E-state index in [1.54, 1.807) is 18.4 Å². The molecule has 0 bridgehead atoms. The maximum absolute atomic E-state index is 11.7. The number of nitrogens with zero attached hydrogens (tertiary/aromatic N) is 2. The van der Waals surface area contributed by atoms with Crippen LogP contribution in [0.5, 0.6) is 0 Å². The Morgan fingerprint density at radius 1 is 1.39 bits per heavy atom. The largest absolute Gasteiger partial charge is 0.363 e. The van der Waals surface area contributed by atoms with Gasteiger partial charge >= 0.3 is 0 Å². The molecule has 2 rings (SSSR count). The molecule has 0 saturated heterocycles. The van der Waals surface area contributed by atoms with E-state index in [1.807, 2.05) is 12.1 Å². The van der Waals surface area contributed by atoms with Gasteiger partial charge in [0.2, 0.25) is 10.1 Å². The first kappa shape index (κ1) is 13.4. The monoisotopic (exact) mass is 346 g/mol. The minimum atomic E-state index is -0.176. The van der Waals surface area contributed by atoms with E-state index in [0.29, 0.717) is 16.7 Å². The van der Waals surface area contributed by atoms with Crippen molar-refractivity contribution in [3.05, 3.63) is 25.8 Å². The Morgan fingerprint density at radius 2 is 2.22 bits per heavy atom. The second-order valence-corrected chi connectivity index (χ2v) is 6.90. The van der Waals surface area contributed by atoms with Crippen LogP contribution in [0.2, 0.25) is 0 Å². The Morgan fingerprint density at radius 3 is 2.83 bits per heavy atom. The summed E-state index contributed by atoms with van der Waals surface area (Å²) >= 11 is 6.32. The molecular formula is C10H11BrN4OS2. The van der Waals surface area contributed by atoms with Crippen molar-refractivity contribution in [1.82, 2.24) is 15.5 Å². The minimum absolute atomic E-state index is 0.176. The van der Waals surface area contributed by atoms with Gasteiger partial charge in [-0.2, -0.15) is 0 Å². The molecule has 2 aromatic heterocycles. The molecule has 0 aromatic carbocycles. The van der Waals surface area contributed by atoms with Crippen LogP contribution in [0.15, 0.2) is 15.9 Å². The van der Waals surface area contributed by atoms with Gasteiger partial charge in [-0.15, -0.1) is 21.5 Å². The fourth-order valence-corrected chi connectivity index (χ4v) is 3.37. The number of nitrogens with one attached hydrogen (secondary N) is 2. The number of thiophene rings is 1. The molecule has 0 spiro atoms. The van der Waals surface area contributed by atoms with Crippen molar-refractivity contribution in [1.29, 1.82) is 0 Å². The lowest BCUT2D eigenvalue weighted by molar-refractivity contribution is 0.0953. The molecule has 0 unspecified atom stereocenters. The van der Waals surface area contributed by atoms with Gasteiger partial charge in [-0.1, -0.05) is 11.3 Å². The van der Waals surface area contributed by atoms with Crippen LogP contribution in [0, 0.1) is 0 Å². The van der Waals surface area contributed by atoms with Crippen LogP contribution in [0.4, 0.5) is 5.13 Å². The molecule has 2 aromatic rings. The molecule has 5 nitrogen and oxygen atoms in total.